The normalized spacial score (nSPS) is 17.5. The number of rotatable bonds is 3. The average molecular weight is 333 g/mol. The van der Waals surface area contributed by atoms with E-state index in [0.29, 0.717) is 6.42 Å². The summed E-state index contributed by atoms with van der Waals surface area (Å²) < 4.78 is 1.85. The summed E-state index contributed by atoms with van der Waals surface area (Å²) in [5, 5.41) is 4.46. The number of nitrogens with two attached hydrogens (primary N) is 1. The maximum absolute atomic E-state index is 11.4. The van der Waals surface area contributed by atoms with E-state index in [9.17, 15) is 4.79 Å². The predicted molar refractivity (Wildman–Crippen MR) is 95.5 cm³/mol. The SMILES string of the molecule is Cc1ccc(-c2cnn3ccnc(C4=CCC(C(N)=O)CC4)c23)cn1. The molecule has 0 bridgehead atoms. The standard InChI is InChI=1S/C19H19N5O/c1-12-2-3-15(10-22-12)16-11-23-24-9-8-21-17(18(16)24)13-4-6-14(7-5-13)19(20)25/h2-4,8-11,14H,5-7H2,1H3,(H2,20,25). The Hall–Kier alpha value is -3.02. The number of amides is 1. The van der Waals surface area contributed by atoms with E-state index in [4.69, 9.17) is 5.73 Å². The molecule has 1 aliphatic rings. The van der Waals surface area contributed by atoms with Crippen LogP contribution in [0, 0.1) is 12.8 Å². The molecule has 0 spiro atoms. The van der Waals surface area contributed by atoms with Crippen LogP contribution >= 0.6 is 0 Å². The van der Waals surface area contributed by atoms with Crippen molar-refractivity contribution in [3.63, 3.8) is 0 Å². The molecule has 1 aliphatic carbocycles. The highest BCUT2D eigenvalue weighted by Gasteiger charge is 2.22. The molecule has 3 heterocycles. The zero-order valence-electron chi connectivity index (χ0n) is 14.0. The Morgan fingerprint density at radius 2 is 2.16 bits per heavy atom. The van der Waals surface area contributed by atoms with Gasteiger partial charge in [0, 0.05) is 41.3 Å². The Bertz CT molecular complexity index is 971. The lowest BCUT2D eigenvalue weighted by atomic mass is 9.87. The predicted octanol–water partition coefficient (Wildman–Crippen LogP) is 2.77. The molecule has 0 radical (unpaired) electrons. The second kappa shape index (κ2) is 6.12. The molecule has 25 heavy (non-hydrogen) atoms. The van der Waals surface area contributed by atoms with Gasteiger partial charge in [0.15, 0.2) is 0 Å². The summed E-state index contributed by atoms with van der Waals surface area (Å²) in [7, 11) is 0. The molecule has 2 N–H and O–H groups in total. The van der Waals surface area contributed by atoms with Gasteiger partial charge in [-0.2, -0.15) is 5.10 Å². The van der Waals surface area contributed by atoms with Crippen LogP contribution in [0.1, 0.15) is 30.7 Å². The average Bonchev–Trinajstić information content (AvgIpc) is 3.07. The topological polar surface area (TPSA) is 86.2 Å². The van der Waals surface area contributed by atoms with Gasteiger partial charge in [0.2, 0.25) is 5.91 Å². The number of allylic oxidation sites excluding steroid dienone is 2. The second-order valence-corrected chi connectivity index (χ2v) is 6.42. The molecule has 3 aromatic rings. The summed E-state index contributed by atoms with van der Waals surface area (Å²) in [4.78, 5) is 20.4. The van der Waals surface area contributed by atoms with Gasteiger partial charge in [0.1, 0.15) is 0 Å². The lowest BCUT2D eigenvalue weighted by molar-refractivity contribution is -0.121. The number of aromatic nitrogens is 4. The summed E-state index contributed by atoms with van der Waals surface area (Å²) in [5.74, 6) is -0.300. The molecule has 1 atom stereocenters. The molecule has 6 nitrogen and oxygen atoms in total. The molecule has 0 aromatic carbocycles. The molecule has 0 saturated carbocycles. The number of pyridine rings is 1. The Balaban J connectivity index is 1.81. The molecule has 0 fully saturated rings. The van der Waals surface area contributed by atoms with Crippen LogP contribution < -0.4 is 5.73 Å². The van der Waals surface area contributed by atoms with Crippen molar-refractivity contribution in [1.82, 2.24) is 19.6 Å². The van der Waals surface area contributed by atoms with Gasteiger partial charge in [0.25, 0.3) is 0 Å². The van der Waals surface area contributed by atoms with Crippen molar-refractivity contribution in [1.29, 1.82) is 0 Å². The van der Waals surface area contributed by atoms with Crippen molar-refractivity contribution in [2.24, 2.45) is 11.7 Å². The van der Waals surface area contributed by atoms with Crippen LogP contribution in [0.3, 0.4) is 0 Å². The van der Waals surface area contributed by atoms with Gasteiger partial charge in [0.05, 0.1) is 17.4 Å². The van der Waals surface area contributed by atoms with E-state index in [1.807, 2.05) is 36.1 Å². The van der Waals surface area contributed by atoms with E-state index in [0.717, 1.165) is 46.4 Å². The van der Waals surface area contributed by atoms with E-state index in [-0.39, 0.29) is 11.8 Å². The van der Waals surface area contributed by atoms with Crippen LogP contribution in [0.2, 0.25) is 0 Å². The van der Waals surface area contributed by atoms with Gasteiger partial charge in [-0.25, -0.2) is 4.52 Å². The first-order valence-corrected chi connectivity index (χ1v) is 8.37. The van der Waals surface area contributed by atoms with Crippen LogP contribution in [0.25, 0.3) is 22.2 Å². The van der Waals surface area contributed by atoms with E-state index in [1.54, 1.807) is 6.20 Å². The number of hydrogen-bond acceptors (Lipinski definition) is 4. The zero-order chi connectivity index (χ0) is 17.4. The summed E-state index contributed by atoms with van der Waals surface area (Å²) in [6.45, 7) is 1.97. The zero-order valence-corrected chi connectivity index (χ0v) is 14.0. The Morgan fingerprint density at radius 1 is 1.28 bits per heavy atom. The van der Waals surface area contributed by atoms with Gasteiger partial charge >= 0.3 is 0 Å². The van der Waals surface area contributed by atoms with Gasteiger partial charge in [-0.05, 0) is 37.8 Å². The monoisotopic (exact) mass is 333 g/mol. The van der Waals surface area contributed by atoms with Gasteiger partial charge in [-0.3, -0.25) is 14.8 Å². The van der Waals surface area contributed by atoms with Gasteiger partial charge in [-0.1, -0.05) is 12.1 Å². The molecule has 3 aromatic heterocycles. The molecule has 126 valence electrons. The molecular weight excluding hydrogens is 314 g/mol. The van der Waals surface area contributed by atoms with Gasteiger partial charge in [-0.15, -0.1) is 0 Å². The third-order valence-corrected chi connectivity index (χ3v) is 4.77. The summed E-state index contributed by atoms with van der Waals surface area (Å²) in [6.07, 6.45) is 11.6. The van der Waals surface area contributed by atoms with Crippen molar-refractivity contribution in [2.45, 2.75) is 26.2 Å². The summed E-state index contributed by atoms with van der Waals surface area (Å²) in [5.41, 5.74) is 11.5. The molecule has 0 saturated heterocycles. The smallest absolute Gasteiger partial charge is 0.220 e. The number of hydrogen-bond donors (Lipinski definition) is 1. The van der Waals surface area contributed by atoms with E-state index in [1.165, 1.54) is 0 Å². The number of aryl methyl sites for hydroxylation is 1. The quantitative estimate of drug-likeness (QED) is 0.798. The van der Waals surface area contributed by atoms with Crippen molar-refractivity contribution < 1.29 is 4.79 Å². The first-order valence-electron chi connectivity index (χ1n) is 8.37. The van der Waals surface area contributed by atoms with E-state index < -0.39 is 0 Å². The van der Waals surface area contributed by atoms with Crippen molar-refractivity contribution in [3.05, 3.63) is 54.4 Å². The van der Waals surface area contributed by atoms with Crippen molar-refractivity contribution in [2.75, 3.05) is 0 Å². The van der Waals surface area contributed by atoms with Crippen LogP contribution in [0.4, 0.5) is 0 Å². The molecule has 6 heteroatoms. The molecular formula is C19H19N5O. The molecule has 4 rings (SSSR count). The Labute approximate surface area is 145 Å². The third-order valence-electron chi connectivity index (χ3n) is 4.77. The van der Waals surface area contributed by atoms with Gasteiger partial charge < -0.3 is 5.73 Å². The number of fused-ring (bicyclic) bond motifs is 1. The minimum Gasteiger partial charge on any atom is -0.369 e. The fraction of sp³-hybridized carbons (Fsp3) is 0.263. The lowest BCUT2D eigenvalue weighted by Crippen LogP contribution is -2.24. The largest absolute Gasteiger partial charge is 0.369 e. The first kappa shape index (κ1) is 15.5. The fourth-order valence-electron chi connectivity index (χ4n) is 3.32. The van der Waals surface area contributed by atoms with Crippen LogP contribution in [-0.4, -0.2) is 25.5 Å². The maximum atomic E-state index is 11.4. The van der Waals surface area contributed by atoms with Crippen LogP contribution in [0.5, 0.6) is 0 Å². The highest BCUT2D eigenvalue weighted by atomic mass is 16.1. The van der Waals surface area contributed by atoms with Crippen LogP contribution in [0.15, 0.2) is 43.0 Å². The highest BCUT2D eigenvalue weighted by molar-refractivity contribution is 5.89. The summed E-state index contributed by atoms with van der Waals surface area (Å²) in [6, 6.07) is 4.04. The minimum absolute atomic E-state index is 0.0748. The number of carbonyl (C=O) groups is 1. The minimum atomic E-state index is -0.225. The number of nitrogens with zero attached hydrogens (tertiary/aromatic N) is 4. The summed E-state index contributed by atoms with van der Waals surface area (Å²) >= 11 is 0. The van der Waals surface area contributed by atoms with Crippen LogP contribution in [-0.2, 0) is 4.79 Å². The highest BCUT2D eigenvalue weighted by Crippen LogP contribution is 2.34. The lowest BCUT2D eigenvalue weighted by Gasteiger charge is -2.19. The Morgan fingerprint density at radius 3 is 2.84 bits per heavy atom. The fourth-order valence-corrected chi connectivity index (χ4v) is 3.32. The molecule has 1 unspecified atom stereocenters. The number of primary amides is 1. The first-order chi connectivity index (χ1) is 12.1. The third kappa shape index (κ3) is 2.80. The van der Waals surface area contributed by atoms with Crippen molar-refractivity contribution in [3.8, 4) is 11.1 Å². The molecule has 1 amide bonds. The molecule has 0 aliphatic heterocycles. The van der Waals surface area contributed by atoms with E-state index >= 15 is 0 Å². The van der Waals surface area contributed by atoms with Crippen molar-refractivity contribution >= 4 is 17.0 Å². The Kier molecular flexibility index (Phi) is 3.80. The second-order valence-electron chi connectivity index (χ2n) is 6.42. The number of carbonyl (C=O) groups excluding carboxylic acids is 1. The maximum Gasteiger partial charge on any atom is 0.220 e. The van der Waals surface area contributed by atoms with E-state index in [2.05, 4.69) is 27.2 Å².